The first-order chi connectivity index (χ1) is 15.6. The number of aromatic nitrogens is 2. The number of carbonyl (C=O) groups excluding carboxylic acids is 2. The van der Waals surface area contributed by atoms with Gasteiger partial charge in [0.2, 0.25) is 5.91 Å². The number of piperazine rings is 1. The SMILES string of the molecule is CC(=O)c1ccc(NC(=O)CSc2ccc(N3CCN(c4ccccc4)CC3)nn2)cc1. The van der Waals surface area contributed by atoms with Gasteiger partial charge in [-0.25, -0.2) is 0 Å². The fourth-order valence-corrected chi connectivity index (χ4v) is 4.13. The van der Waals surface area contributed by atoms with E-state index in [4.69, 9.17) is 0 Å². The van der Waals surface area contributed by atoms with Crippen LogP contribution in [-0.4, -0.2) is 53.8 Å². The van der Waals surface area contributed by atoms with Gasteiger partial charge >= 0.3 is 0 Å². The van der Waals surface area contributed by atoms with Crippen molar-refractivity contribution in [2.75, 3.05) is 47.0 Å². The van der Waals surface area contributed by atoms with Crippen LogP contribution in [0.3, 0.4) is 0 Å². The Labute approximate surface area is 191 Å². The van der Waals surface area contributed by atoms with E-state index < -0.39 is 0 Å². The van der Waals surface area contributed by atoms with E-state index in [-0.39, 0.29) is 17.4 Å². The fourth-order valence-electron chi connectivity index (χ4n) is 3.52. The maximum Gasteiger partial charge on any atom is 0.234 e. The number of Topliss-reactive ketones (excluding diaryl/α,β-unsaturated/α-hetero) is 1. The summed E-state index contributed by atoms with van der Waals surface area (Å²) >= 11 is 1.34. The van der Waals surface area contributed by atoms with Crippen LogP contribution in [0.15, 0.2) is 71.8 Å². The van der Waals surface area contributed by atoms with Crippen LogP contribution in [0.1, 0.15) is 17.3 Å². The topological polar surface area (TPSA) is 78.4 Å². The lowest BCUT2D eigenvalue weighted by atomic mass is 10.1. The van der Waals surface area contributed by atoms with Crippen molar-refractivity contribution in [1.29, 1.82) is 0 Å². The number of thioether (sulfide) groups is 1. The molecule has 32 heavy (non-hydrogen) atoms. The Bertz CT molecular complexity index is 1050. The van der Waals surface area contributed by atoms with Gasteiger partial charge in [0.1, 0.15) is 5.03 Å². The van der Waals surface area contributed by atoms with Crippen molar-refractivity contribution in [3.63, 3.8) is 0 Å². The summed E-state index contributed by atoms with van der Waals surface area (Å²) in [5.74, 6) is 0.960. The van der Waals surface area contributed by atoms with E-state index in [0.717, 1.165) is 32.0 Å². The van der Waals surface area contributed by atoms with Crippen molar-refractivity contribution in [1.82, 2.24) is 10.2 Å². The normalized spacial score (nSPS) is 13.7. The summed E-state index contributed by atoms with van der Waals surface area (Å²) in [7, 11) is 0. The largest absolute Gasteiger partial charge is 0.368 e. The van der Waals surface area contributed by atoms with Gasteiger partial charge in [-0.05, 0) is 55.5 Å². The van der Waals surface area contributed by atoms with E-state index in [0.29, 0.717) is 16.3 Å². The maximum atomic E-state index is 12.2. The Morgan fingerprint density at radius 1 is 0.875 bits per heavy atom. The lowest BCUT2D eigenvalue weighted by molar-refractivity contribution is -0.113. The van der Waals surface area contributed by atoms with Crippen LogP contribution in [0.5, 0.6) is 0 Å². The fraction of sp³-hybridized carbons (Fsp3) is 0.250. The summed E-state index contributed by atoms with van der Waals surface area (Å²) in [6.07, 6.45) is 0. The van der Waals surface area contributed by atoms with Gasteiger partial charge in [0.05, 0.1) is 5.75 Å². The number of amides is 1. The zero-order valence-electron chi connectivity index (χ0n) is 17.9. The number of rotatable bonds is 7. The standard InChI is InChI=1S/C24H25N5O2S/c1-18(30)19-7-9-20(10-8-19)25-23(31)17-32-24-12-11-22(26-27-24)29-15-13-28(14-16-29)21-5-3-2-4-6-21/h2-12H,13-17H2,1H3,(H,25,31). The zero-order valence-corrected chi connectivity index (χ0v) is 18.7. The number of benzene rings is 2. The second kappa shape index (κ2) is 10.3. The van der Waals surface area contributed by atoms with E-state index in [9.17, 15) is 9.59 Å². The first kappa shape index (κ1) is 21.8. The molecular formula is C24H25N5O2S. The van der Waals surface area contributed by atoms with Gasteiger partial charge in [-0.2, -0.15) is 0 Å². The molecule has 1 aliphatic rings. The Morgan fingerprint density at radius 3 is 2.19 bits per heavy atom. The number of anilines is 3. The Balaban J connectivity index is 1.24. The highest BCUT2D eigenvalue weighted by molar-refractivity contribution is 7.99. The van der Waals surface area contributed by atoms with Crippen LogP contribution in [0.4, 0.5) is 17.2 Å². The molecule has 1 amide bonds. The second-order valence-corrected chi connectivity index (χ2v) is 8.51. The van der Waals surface area contributed by atoms with Gasteiger partial charge in [-0.3, -0.25) is 9.59 Å². The molecule has 8 heteroatoms. The highest BCUT2D eigenvalue weighted by Gasteiger charge is 2.18. The molecule has 0 unspecified atom stereocenters. The first-order valence-corrected chi connectivity index (χ1v) is 11.5. The molecule has 1 aliphatic heterocycles. The Kier molecular flexibility index (Phi) is 7.01. The average Bonchev–Trinajstić information content (AvgIpc) is 2.84. The summed E-state index contributed by atoms with van der Waals surface area (Å²) in [5, 5.41) is 12.2. The van der Waals surface area contributed by atoms with Crippen molar-refractivity contribution in [3.05, 3.63) is 72.3 Å². The highest BCUT2D eigenvalue weighted by atomic mass is 32.2. The minimum absolute atomic E-state index is 0.00136. The lowest BCUT2D eigenvalue weighted by Gasteiger charge is -2.36. The smallest absolute Gasteiger partial charge is 0.234 e. The number of nitrogens with one attached hydrogen (secondary N) is 1. The summed E-state index contributed by atoms with van der Waals surface area (Å²) in [5.41, 5.74) is 2.53. The lowest BCUT2D eigenvalue weighted by Crippen LogP contribution is -2.46. The maximum absolute atomic E-state index is 12.2. The van der Waals surface area contributed by atoms with E-state index in [1.165, 1.54) is 24.4 Å². The minimum atomic E-state index is -0.131. The number of hydrogen-bond donors (Lipinski definition) is 1. The summed E-state index contributed by atoms with van der Waals surface area (Å²) in [6, 6.07) is 21.2. The van der Waals surface area contributed by atoms with Gasteiger partial charge in [-0.15, -0.1) is 10.2 Å². The van der Waals surface area contributed by atoms with Crippen molar-refractivity contribution < 1.29 is 9.59 Å². The van der Waals surface area contributed by atoms with Gasteiger partial charge < -0.3 is 15.1 Å². The molecule has 1 fully saturated rings. The summed E-state index contributed by atoms with van der Waals surface area (Å²) in [6.45, 7) is 5.18. The predicted octanol–water partition coefficient (Wildman–Crippen LogP) is 3.74. The predicted molar refractivity (Wildman–Crippen MR) is 129 cm³/mol. The molecule has 0 radical (unpaired) electrons. The van der Waals surface area contributed by atoms with Gasteiger partial charge in [0.15, 0.2) is 11.6 Å². The number of carbonyl (C=O) groups is 2. The van der Waals surface area contributed by atoms with Crippen LogP contribution in [0.25, 0.3) is 0 Å². The molecule has 0 spiro atoms. The molecule has 0 bridgehead atoms. The molecule has 164 valence electrons. The van der Waals surface area contributed by atoms with Crippen molar-refractivity contribution in [2.24, 2.45) is 0 Å². The third-order valence-corrected chi connectivity index (χ3v) is 6.20. The number of nitrogens with zero attached hydrogens (tertiary/aromatic N) is 4. The number of hydrogen-bond acceptors (Lipinski definition) is 7. The molecule has 0 aliphatic carbocycles. The van der Waals surface area contributed by atoms with Crippen LogP contribution < -0.4 is 15.1 Å². The quantitative estimate of drug-likeness (QED) is 0.437. The molecule has 0 saturated carbocycles. The third-order valence-electron chi connectivity index (χ3n) is 5.28. The molecular weight excluding hydrogens is 422 g/mol. The molecule has 1 saturated heterocycles. The second-order valence-electron chi connectivity index (χ2n) is 7.51. The molecule has 3 aromatic rings. The van der Waals surface area contributed by atoms with E-state index >= 15 is 0 Å². The Morgan fingerprint density at radius 2 is 1.56 bits per heavy atom. The van der Waals surface area contributed by atoms with Crippen LogP contribution in [0.2, 0.25) is 0 Å². The van der Waals surface area contributed by atoms with Gasteiger partial charge in [-0.1, -0.05) is 30.0 Å². The third kappa shape index (κ3) is 5.64. The van der Waals surface area contributed by atoms with Crippen LogP contribution in [-0.2, 0) is 4.79 Å². The zero-order chi connectivity index (χ0) is 22.3. The van der Waals surface area contributed by atoms with E-state index in [1.54, 1.807) is 24.3 Å². The van der Waals surface area contributed by atoms with E-state index in [2.05, 4.69) is 49.6 Å². The monoisotopic (exact) mass is 447 g/mol. The molecule has 7 nitrogen and oxygen atoms in total. The number of para-hydroxylation sites is 1. The molecule has 2 aromatic carbocycles. The van der Waals surface area contributed by atoms with Crippen molar-refractivity contribution in [2.45, 2.75) is 11.9 Å². The molecule has 0 atom stereocenters. The first-order valence-electron chi connectivity index (χ1n) is 10.5. The van der Waals surface area contributed by atoms with Crippen molar-refractivity contribution >= 4 is 40.6 Å². The molecule has 1 aromatic heterocycles. The average molecular weight is 448 g/mol. The Hall–Kier alpha value is -3.39. The molecule has 2 heterocycles. The summed E-state index contributed by atoms with van der Waals surface area (Å²) < 4.78 is 0. The molecule has 1 N–H and O–H groups in total. The van der Waals surface area contributed by atoms with Crippen LogP contribution >= 0.6 is 11.8 Å². The van der Waals surface area contributed by atoms with E-state index in [1.807, 2.05) is 18.2 Å². The molecule has 4 rings (SSSR count). The number of ketones is 1. The van der Waals surface area contributed by atoms with Gasteiger partial charge in [0.25, 0.3) is 0 Å². The van der Waals surface area contributed by atoms with Gasteiger partial charge in [0, 0.05) is 43.1 Å². The summed E-state index contributed by atoms with van der Waals surface area (Å²) in [4.78, 5) is 28.1. The van der Waals surface area contributed by atoms with Crippen molar-refractivity contribution in [3.8, 4) is 0 Å². The van der Waals surface area contributed by atoms with Crippen LogP contribution in [0, 0.1) is 0 Å². The highest BCUT2D eigenvalue weighted by Crippen LogP contribution is 2.21. The minimum Gasteiger partial charge on any atom is -0.368 e.